The third kappa shape index (κ3) is 4.58. The summed E-state index contributed by atoms with van der Waals surface area (Å²) in [5.74, 6) is 1.58. The number of nitrogens with one attached hydrogen (secondary N) is 2. The predicted molar refractivity (Wildman–Crippen MR) is 101 cm³/mol. The third-order valence-corrected chi connectivity index (χ3v) is 4.60. The fourth-order valence-electron chi connectivity index (χ4n) is 3.00. The van der Waals surface area contributed by atoms with Gasteiger partial charge in [0.1, 0.15) is 13.2 Å². The summed E-state index contributed by atoms with van der Waals surface area (Å²) in [4.78, 5) is 24.1. The molecule has 0 bridgehead atoms. The van der Waals surface area contributed by atoms with Crippen molar-refractivity contribution in [2.75, 3.05) is 18.5 Å². The van der Waals surface area contributed by atoms with Gasteiger partial charge in [0.05, 0.1) is 6.42 Å². The molecule has 140 valence electrons. The first-order valence-electron chi connectivity index (χ1n) is 9.22. The maximum absolute atomic E-state index is 12.3. The zero-order chi connectivity index (χ0) is 18.6. The van der Waals surface area contributed by atoms with Crippen molar-refractivity contribution in [3.63, 3.8) is 0 Å². The summed E-state index contributed by atoms with van der Waals surface area (Å²) in [6, 6.07) is 13.1. The third-order valence-electron chi connectivity index (χ3n) is 4.60. The number of hydrogen-bond donors (Lipinski definition) is 2. The molecule has 0 spiro atoms. The topological polar surface area (TPSA) is 76.7 Å². The lowest BCUT2D eigenvalue weighted by atomic mass is 10.1. The Labute approximate surface area is 157 Å². The molecule has 2 amide bonds. The molecule has 0 aromatic heterocycles. The zero-order valence-electron chi connectivity index (χ0n) is 15.0. The molecule has 0 unspecified atom stereocenters. The minimum atomic E-state index is -0.0703. The molecule has 6 heteroatoms. The van der Waals surface area contributed by atoms with Gasteiger partial charge in [0, 0.05) is 18.2 Å². The molecule has 2 aliphatic rings. The lowest BCUT2D eigenvalue weighted by Gasteiger charge is -2.18. The number of carbonyl (C=O) groups excluding carboxylic acids is 2. The minimum Gasteiger partial charge on any atom is -0.486 e. The van der Waals surface area contributed by atoms with Gasteiger partial charge in [-0.1, -0.05) is 18.2 Å². The Hall–Kier alpha value is -3.02. The number of amides is 2. The number of benzene rings is 2. The van der Waals surface area contributed by atoms with Gasteiger partial charge in [0.25, 0.3) is 0 Å². The van der Waals surface area contributed by atoms with Crippen molar-refractivity contribution in [2.24, 2.45) is 5.92 Å². The highest BCUT2D eigenvalue weighted by Crippen LogP contribution is 2.31. The molecule has 2 N–H and O–H groups in total. The molecule has 1 saturated carbocycles. The van der Waals surface area contributed by atoms with Gasteiger partial charge in [0.15, 0.2) is 11.5 Å². The van der Waals surface area contributed by atoms with E-state index in [1.807, 2.05) is 42.5 Å². The Morgan fingerprint density at radius 2 is 1.78 bits per heavy atom. The van der Waals surface area contributed by atoms with Gasteiger partial charge in [-0.3, -0.25) is 9.59 Å². The molecule has 27 heavy (non-hydrogen) atoms. The summed E-state index contributed by atoms with van der Waals surface area (Å²) < 4.78 is 11.0. The van der Waals surface area contributed by atoms with E-state index in [4.69, 9.17) is 9.47 Å². The summed E-state index contributed by atoms with van der Waals surface area (Å²) in [6.07, 6.45) is 2.22. The second kappa shape index (κ2) is 7.70. The zero-order valence-corrected chi connectivity index (χ0v) is 15.0. The van der Waals surface area contributed by atoms with Gasteiger partial charge >= 0.3 is 0 Å². The van der Waals surface area contributed by atoms with Gasteiger partial charge in [-0.05, 0) is 48.2 Å². The highest BCUT2D eigenvalue weighted by atomic mass is 16.6. The fraction of sp³-hybridized carbons (Fsp3) is 0.333. The molecule has 0 saturated heterocycles. The van der Waals surface area contributed by atoms with Gasteiger partial charge in [0.2, 0.25) is 11.8 Å². The van der Waals surface area contributed by atoms with E-state index >= 15 is 0 Å². The van der Waals surface area contributed by atoms with Gasteiger partial charge < -0.3 is 20.1 Å². The van der Waals surface area contributed by atoms with Crippen LogP contribution >= 0.6 is 0 Å². The van der Waals surface area contributed by atoms with Crippen LogP contribution in [0.3, 0.4) is 0 Å². The lowest BCUT2D eigenvalue weighted by Crippen LogP contribution is -2.24. The molecule has 6 nitrogen and oxygen atoms in total. The molecule has 1 heterocycles. The Kier molecular flexibility index (Phi) is 4.96. The molecule has 2 aromatic carbocycles. The molecule has 0 atom stereocenters. The van der Waals surface area contributed by atoms with Crippen LogP contribution in [0.25, 0.3) is 0 Å². The largest absolute Gasteiger partial charge is 0.486 e. The first-order valence-corrected chi connectivity index (χ1v) is 9.22. The van der Waals surface area contributed by atoms with Crippen LogP contribution in [0.5, 0.6) is 11.5 Å². The standard InChI is InChI=1S/C21H22N2O4/c24-20(12-14-4-7-18-19(11-14)27-9-8-26-18)22-13-15-2-1-3-17(10-15)23-21(25)16-5-6-16/h1-4,7,10-11,16H,5-6,8-9,12-13H2,(H,22,24)(H,23,25). The van der Waals surface area contributed by atoms with E-state index in [0.29, 0.717) is 25.5 Å². The van der Waals surface area contributed by atoms with Crippen LogP contribution in [0.2, 0.25) is 0 Å². The van der Waals surface area contributed by atoms with E-state index in [9.17, 15) is 9.59 Å². The number of rotatable bonds is 6. The minimum absolute atomic E-state index is 0.0703. The Morgan fingerprint density at radius 3 is 2.59 bits per heavy atom. The average molecular weight is 366 g/mol. The summed E-state index contributed by atoms with van der Waals surface area (Å²) in [6.45, 7) is 1.49. The first-order chi connectivity index (χ1) is 13.2. The number of hydrogen-bond acceptors (Lipinski definition) is 4. The van der Waals surface area contributed by atoms with E-state index in [2.05, 4.69) is 10.6 Å². The lowest BCUT2D eigenvalue weighted by molar-refractivity contribution is -0.120. The van der Waals surface area contributed by atoms with Crippen molar-refractivity contribution in [1.82, 2.24) is 5.32 Å². The van der Waals surface area contributed by atoms with Crippen LogP contribution < -0.4 is 20.1 Å². The summed E-state index contributed by atoms with van der Waals surface area (Å²) in [5, 5.41) is 5.84. The molecule has 4 rings (SSSR count). The van der Waals surface area contributed by atoms with E-state index < -0.39 is 0 Å². The van der Waals surface area contributed by atoms with E-state index in [-0.39, 0.29) is 24.2 Å². The van der Waals surface area contributed by atoms with E-state index in [0.717, 1.165) is 35.4 Å². The van der Waals surface area contributed by atoms with Crippen molar-refractivity contribution in [2.45, 2.75) is 25.8 Å². The number of ether oxygens (including phenoxy) is 2. The summed E-state index contributed by atoms with van der Waals surface area (Å²) in [5.41, 5.74) is 2.59. The molecule has 1 fully saturated rings. The Balaban J connectivity index is 1.30. The molecular weight excluding hydrogens is 344 g/mol. The van der Waals surface area contributed by atoms with Gasteiger partial charge in [-0.15, -0.1) is 0 Å². The Morgan fingerprint density at radius 1 is 0.963 bits per heavy atom. The quantitative estimate of drug-likeness (QED) is 0.824. The van der Waals surface area contributed by atoms with Crippen LogP contribution in [-0.2, 0) is 22.6 Å². The van der Waals surface area contributed by atoms with Crippen LogP contribution in [-0.4, -0.2) is 25.0 Å². The van der Waals surface area contributed by atoms with E-state index in [1.165, 1.54) is 0 Å². The monoisotopic (exact) mass is 366 g/mol. The SMILES string of the molecule is O=C(Cc1ccc2c(c1)OCCO2)NCc1cccc(NC(=O)C2CC2)c1. The number of fused-ring (bicyclic) bond motifs is 1. The molecule has 0 radical (unpaired) electrons. The van der Waals surface area contributed by atoms with Crippen molar-refractivity contribution < 1.29 is 19.1 Å². The predicted octanol–water partition coefficient (Wildman–Crippen LogP) is 2.67. The molecule has 1 aliphatic heterocycles. The highest BCUT2D eigenvalue weighted by Gasteiger charge is 2.29. The van der Waals surface area contributed by atoms with Crippen molar-refractivity contribution in [3.05, 3.63) is 53.6 Å². The van der Waals surface area contributed by atoms with Crippen molar-refractivity contribution in [1.29, 1.82) is 0 Å². The maximum atomic E-state index is 12.3. The Bertz CT molecular complexity index is 861. The second-order valence-electron chi connectivity index (χ2n) is 6.90. The van der Waals surface area contributed by atoms with E-state index in [1.54, 1.807) is 0 Å². The molecular formula is C21H22N2O4. The molecule has 2 aromatic rings. The summed E-state index contributed by atoms with van der Waals surface area (Å²) >= 11 is 0. The van der Waals surface area contributed by atoms with Crippen LogP contribution in [0.1, 0.15) is 24.0 Å². The second-order valence-corrected chi connectivity index (χ2v) is 6.90. The smallest absolute Gasteiger partial charge is 0.227 e. The van der Waals surface area contributed by atoms with Crippen LogP contribution in [0, 0.1) is 5.92 Å². The number of anilines is 1. The maximum Gasteiger partial charge on any atom is 0.227 e. The van der Waals surface area contributed by atoms with Crippen LogP contribution in [0.4, 0.5) is 5.69 Å². The first kappa shape index (κ1) is 17.4. The van der Waals surface area contributed by atoms with Gasteiger partial charge in [-0.25, -0.2) is 0 Å². The number of carbonyl (C=O) groups is 2. The van der Waals surface area contributed by atoms with Crippen molar-refractivity contribution in [3.8, 4) is 11.5 Å². The van der Waals surface area contributed by atoms with Crippen LogP contribution in [0.15, 0.2) is 42.5 Å². The normalized spacial score (nSPS) is 15.1. The average Bonchev–Trinajstić information content (AvgIpc) is 3.52. The summed E-state index contributed by atoms with van der Waals surface area (Å²) in [7, 11) is 0. The van der Waals surface area contributed by atoms with Crippen molar-refractivity contribution >= 4 is 17.5 Å². The van der Waals surface area contributed by atoms with Gasteiger partial charge in [-0.2, -0.15) is 0 Å². The molecule has 1 aliphatic carbocycles. The highest BCUT2D eigenvalue weighted by molar-refractivity contribution is 5.94. The fourth-order valence-corrected chi connectivity index (χ4v) is 3.00.